The van der Waals surface area contributed by atoms with Crippen LogP contribution >= 0.6 is 23.2 Å². The molecule has 0 saturated heterocycles. The van der Waals surface area contributed by atoms with E-state index >= 15 is 0 Å². The zero-order valence-corrected chi connectivity index (χ0v) is 13.3. The van der Waals surface area contributed by atoms with E-state index in [4.69, 9.17) is 23.2 Å². The maximum Gasteiger partial charge on any atom is 0.255 e. The number of halogens is 2. The number of aromatic nitrogens is 2. The van der Waals surface area contributed by atoms with Gasteiger partial charge in [0.15, 0.2) is 0 Å². The summed E-state index contributed by atoms with van der Waals surface area (Å²) >= 11 is 11.6. The van der Waals surface area contributed by atoms with Crippen LogP contribution in [0.4, 0.5) is 5.69 Å². The van der Waals surface area contributed by atoms with E-state index in [1.165, 1.54) is 0 Å². The molecule has 0 saturated carbocycles. The minimum Gasteiger partial charge on any atom is -0.322 e. The number of carbonyl (C=O) groups excluding carboxylic acids is 1. The molecule has 0 aliphatic rings. The fourth-order valence-corrected chi connectivity index (χ4v) is 2.30. The van der Waals surface area contributed by atoms with Gasteiger partial charge in [-0.3, -0.25) is 4.79 Å². The normalized spacial score (nSPS) is 10.3. The molecule has 0 atom stereocenters. The van der Waals surface area contributed by atoms with Crippen LogP contribution in [0.3, 0.4) is 0 Å². The molecule has 1 aromatic heterocycles. The SMILES string of the molecule is O=C(Nc1ccc(Cl)cc1)c1ccc(-c2ccnc(Cl)n2)cc1. The Hall–Kier alpha value is -2.43. The van der Waals surface area contributed by atoms with E-state index in [0.29, 0.717) is 22.0 Å². The smallest absolute Gasteiger partial charge is 0.255 e. The van der Waals surface area contributed by atoms with E-state index in [0.717, 1.165) is 5.56 Å². The monoisotopic (exact) mass is 343 g/mol. The van der Waals surface area contributed by atoms with Crippen LogP contribution in [0.2, 0.25) is 10.3 Å². The summed E-state index contributed by atoms with van der Waals surface area (Å²) in [7, 11) is 0. The van der Waals surface area contributed by atoms with Gasteiger partial charge in [0.1, 0.15) is 0 Å². The lowest BCUT2D eigenvalue weighted by Crippen LogP contribution is -2.11. The van der Waals surface area contributed by atoms with Crippen molar-refractivity contribution >= 4 is 34.8 Å². The van der Waals surface area contributed by atoms with Gasteiger partial charge in [0.05, 0.1) is 5.69 Å². The topological polar surface area (TPSA) is 54.9 Å². The number of amides is 1. The highest BCUT2D eigenvalue weighted by Gasteiger charge is 2.07. The molecule has 0 bridgehead atoms. The molecule has 114 valence electrons. The third-order valence-corrected chi connectivity index (χ3v) is 3.61. The molecule has 6 heteroatoms. The first kappa shape index (κ1) is 15.5. The van der Waals surface area contributed by atoms with E-state index in [2.05, 4.69) is 15.3 Å². The molecule has 0 aliphatic heterocycles. The van der Waals surface area contributed by atoms with Crippen molar-refractivity contribution in [1.82, 2.24) is 9.97 Å². The average Bonchev–Trinajstić information content (AvgIpc) is 2.57. The Morgan fingerprint density at radius 1 is 0.913 bits per heavy atom. The molecule has 0 unspecified atom stereocenters. The molecule has 23 heavy (non-hydrogen) atoms. The van der Waals surface area contributed by atoms with Gasteiger partial charge >= 0.3 is 0 Å². The highest BCUT2D eigenvalue weighted by Crippen LogP contribution is 2.19. The molecule has 0 spiro atoms. The third kappa shape index (κ3) is 3.86. The molecule has 0 radical (unpaired) electrons. The molecule has 2 aromatic carbocycles. The van der Waals surface area contributed by atoms with Crippen LogP contribution < -0.4 is 5.32 Å². The van der Waals surface area contributed by atoms with Crippen molar-refractivity contribution in [2.45, 2.75) is 0 Å². The maximum absolute atomic E-state index is 12.2. The lowest BCUT2D eigenvalue weighted by Gasteiger charge is -2.06. The Kier molecular flexibility index (Phi) is 4.55. The average molecular weight is 344 g/mol. The van der Waals surface area contributed by atoms with E-state index in [9.17, 15) is 4.79 Å². The molecule has 0 fully saturated rings. The number of anilines is 1. The van der Waals surface area contributed by atoms with Gasteiger partial charge in [-0.25, -0.2) is 9.97 Å². The highest BCUT2D eigenvalue weighted by atomic mass is 35.5. The van der Waals surface area contributed by atoms with Crippen LogP contribution in [0.15, 0.2) is 60.8 Å². The summed E-state index contributed by atoms with van der Waals surface area (Å²) in [5, 5.41) is 3.62. The van der Waals surface area contributed by atoms with E-state index in [1.54, 1.807) is 48.7 Å². The van der Waals surface area contributed by atoms with Crippen molar-refractivity contribution < 1.29 is 4.79 Å². The van der Waals surface area contributed by atoms with E-state index < -0.39 is 0 Å². The van der Waals surface area contributed by atoms with Gasteiger partial charge in [-0.15, -0.1) is 0 Å². The van der Waals surface area contributed by atoms with Gasteiger partial charge in [-0.05, 0) is 54.1 Å². The standard InChI is InChI=1S/C17H11Cl2N3O/c18-13-5-7-14(8-6-13)21-16(23)12-3-1-11(2-4-12)15-9-10-20-17(19)22-15/h1-10H,(H,21,23). The molecule has 3 aromatic rings. The second kappa shape index (κ2) is 6.77. The lowest BCUT2D eigenvalue weighted by molar-refractivity contribution is 0.102. The number of nitrogens with one attached hydrogen (secondary N) is 1. The van der Waals surface area contributed by atoms with Crippen LogP contribution in [0.1, 0.15) is 10.4 Å². The first-order valence-electron chi connectivity index (χ1n) is 6.78. The summed E-state index contributed by atoms with van der Waals surface area (Å²) in [6.45, 7) is 0. The first-order valence-corrected chi connectivity index (χ1v) is 7.53. The van der Waals surface area contributed by atoms with Crippen molar-refractivity contribution in [2.24, 2.45) is 0 Å². The lowest BCUT2D eigenvalue weighted by atomic mass is 10.1. The summed E-state index contributed by atoms with van der Waals surface area (Å²) in [6, 6.07) is 15.8. The van der Waals surface area contributed by atoms with Gasteiger partial charge < -0.3 is 5.32 Å². The Labute approximate surface area is 143 Å². The Bertz CT molecular complexity index is 833. The zero-order chi connectivity index (χ0) is 16.2. The summed E-state index contributed by atoms with van der Waals surface area (Å²) in [4.78, 5) is 20.2. The van der Waals surface area contributed by atoms with Gasteiger partial charge in [0, 0.05) is 28.0 Å². The quantitative estimate of drug-likeness (QED) is 0.701. The summed E-state index contributed by atoms with van der Waals surface area (Å²) in [6.07, 6.45) is 1.59. The van der Waals surface area contributed by atoms with E-state index in [1.807, 2.05) is 12.1 Å². The Morgan fingerprint density at radius 3 is 2.26 bits per heavy atom. The second-order valence-corrected chi connectivity index (χ2v) is 5.52. The number of nitrogens with zero attached hydrogens (tertiary/aromatic N) is 2. The summed E-state index contributed by atoms with van der Waals surface area (Å²) in [5.74, 6) is -0.195. The molecular weight excluding hydrogens is 333 g/mol. The summed E-state index contributed by atoms with van der Waals surface area (Å²) < 4.78 is 0. The van der Waals surface area contributed by atoms with Crippen molar-refractivity contribution in [1.29, 1.82) is 0 Å². The highest BCUT2D eigenvalue weighted by molar-refractivity contribution is 6.30. The van der Waals surface area contributed by atoms with Crippen molar-refractivity contribution in [3.05, 3.63) is 76.7 Å². The second-order valence-electron chi connectivity index (χ2n) is 4.75. The maximum atomic E-state index is 12.2. The minimum absolute atomic E-state index is 0.187. The fraction of sp³-hybridized carbons (Fsp3) is 0. The minimum atomic E-state index is -0.195. The van der Waals surface area contributed by atoms with Crippen LogP contribution in [0, 0.1) is 0 Å². The molecule has 4 nitrogen and oxygen atoms in total. The number of hydrogen-bond donors (Lipinski definition) is 1. The molecule has 3 rings (SSSR count). The first-order chi connectivity index (χ1) is 11.1. The van der Waals surface area contributed by atoms with Crippen LogP contribution in [-0.2, 0) is 0 Å². The van der Waals surface area contributed by atoms with E-state index in [-0.39, 0.29) is 11.2 Å². The third-order valence-electron chi connectivity index (χ3n) is 3.17. The molecule has 1 amide bonds. The van der Waals surface area contributed by atoms with Crippen LogP contribution in [0.5, 0.6) is 0 Å². The van der Waals surface area contributed by atoms with Crippen molar-refractivity contribution in [3.63, 3.8) is 0 Å². The van der Waals surface area contributed by atoms with Gasteiger partial charge in [0.25, 0.3) is 5.91 Å². The molecule has 0 aliphatic carbocycles. The predicted molar refractivity (Wildman–Crippen MR) is 91.9 cm³/mol. The van der Waals surface area contributed by atoms with Crippen molar-refractivity contribution in [2.75, 3.05) is 5.32 Å². The predicted octanol–water partition coefficient (Wildman–Crippen LogP) is 4.70. The zero-order valence-electron chi connectivity index (χ0n) is 11.8. The number of hydrogen-bond acceptors (Lipinski definition) is 3. The van der Waals surface area contributed by atoms with Crippen LogP contribution in [-0.4, -0.2) is 15.9 Å². The summed E-state index contributed by atoms with van der Waals surface area (Å²) in [5.41, 5.74) is 2.79. The van der Waals surface area contributed by atoms with Crippen molar-refractivity contribution in [3.8, 4) is 11.3 Å². The molecule has 1 heterocycles. The number of benzene rings is 2. The molecular formula is C17H11Cl2N3O. The fourth-order valence-electron chi connectivity index (χ4n) is 2.02. The van der Waals surface area contributed by atoms with Gasteiger partial charge in [-0.2, -0.15) is 0 Å². The largest absolute Gasteiger partial charge is 0.322 e. The number of carbonyl (C=O) groups is 1. The Balaban J connectivity index is 1.76. The van der Waals surface area contributed by atoms with Gasteiger partial charge in [0.2, 0.25) is 5.28 Å². The van der Waals surface area contributed by atoms with Gasteiger partial charge in [-0.1, -0.05) is 23.7 Å². The van der Waals surface area contributed by atoms with Crippen LogP contribution in [0.25, 0.3) is 11.3 Å². The Morgan fingerprint density at radius 2 is 1.61 bits per heavy atom. The number of rotatable bonds is 3. The molecule has 1 N–H and O–H groups in total.